The maximum Gasteiger partial charge on any atom is 0.253 e. The Hall–Kier alpha value is -3.28. The van der Waals surface area contributed by atoms with Crippen molar-refractivity contribution < 1.29 is 14.0 Å². The molecule has 28 heavy (non-hydrogen) atoms. The smallest absolute Gasteiger partial charge is 0.253 e. The summed E-state index contributed by atoms with van der Waals surface area (Å²) in [6.45, 7) is 1.02. The fraction of sp³-hybridized carbons (Fsp3) is 0.227. The first kappa shape index (κ1) is 18.1. The molecule has 3 aromatic rings. The van der Waals surface area contributed by atoms with Crippen LogP contribution >= 0.6 is 0 Å². The summed E-state index contributed by atoms with van der Waals surface area (Å²) in [5.41, 5.74) is 2.14. The van der Waals surface area contributed by atoms with Crippen molar-refractivity contribution in [1.82, 2.24) is 15.2 Å². The molecule has 0 bridgehead atoms. The average Bonchev–Trinajstić information content (AvgIpc) is 3.06. The number of hydrogen-bond acceptors (Lipinski definition) is 3. The Labute approximate surface area is 162 Å². The lowest BCUT2D eigenvalue weighted by atomic mass is 10.1. The van der Waals surface area contributed by atoms with Gasteiger partial charge in [-0.25, -0.2) is 4.39 Å². The van der Waals surface area contributed by atoms with Crippen LogP contribution < -0.4 is 5.32 Å². The molecule has 0 radical (unpaired) electrons. The topological polar surface area (TPSA) is 62.3 Å². The third-order valence-corrected chi connectivity index (χ3v) is 5.01. The fourth-order valence-corrected chi connectivity index (χ4v) is 3.55. The first-order valence-corrected chi connectivity index (χ1v) is 9.27. The van der Waals surface area contributed by atoms with Gasteiger partial charge in [0.25, 0.3) is 5.91 Å². The van der Waals surface area contributed by atoms with Crippen LogP contribution in [-0.2, 0) is 11.2 Å². The molecule has 6 heteroatoms. The Kier molecular flexibility index (Phi) is 5.02. The predicted molar refractivity (Wildman–Crippen MR) is 104 cm³/mol. The van der Waals surface area contributed by atoms with Crippen molar-refractivity contribution in [3.05, 3.63) is 77.7 Å². The number of amides is 2. The van der Waals surface area contributed by atoms with Gasteiger partial charge in [-0.1, -0.05) is 30.3 Å². The van der Waals surface area contributed by atoms with Gasteiger partial charge in [-0.05, 0) is 36.2 Å². The lowest BCUT2D eigenvalue weighted by Gasteiger charge is -2.17. The van der Waals surface area contributed by atoms with E-state index in [4.69, 9.17) is 0 Å². The van der Waals surface area contributed by atoms with E-state index >= 15 is 0 Å². The van der Waals surface area contributed by atoms with Gasteiger partial charge >= 0.3 is 0 Å². The number of fused-ring (bicyclic) bond motifs is 1. The van der Waals surface area contributed by atoms with Gasteiger partial charge in [0.1, 0.15) is 5.82 Å². The van der Waals surface area contributed by atoms with Crippen LogP contribution in [0.1, 0.15) is 22.3 Å². The predicted octanol–water partition coefficient (Wildman–Crippen LogP) is 2.95. The summed E-state index contributed by atoms with van der Waals surface area (Å²) in [5, 5.41) is 3.86. The summed E-state index contributed by atoms with van der Waals surface area (Å²) >= 11 is 0. The van der Waals surface area contributed by atoms with Crippen molar-refractivity contribution in [3.8, 4) is 0 Å². The van der Waals surface area contributed by atoms with Crippen LogP contribution in [0.25, 0.3) is 10.9 Å². The number of nitrogens with one attached hydrogen (secondary N) is 1. The van der Waals surface area contributed by atoms with Crippen LogP contribution in [0.5, 0.6) is 0 Å². The first-order chi connectivity index (χ1) is 13.6. The number of rotatable bonds is 5. The van der Waals surface area contributed by atoms with E-state index in [0.29, 0.717) is 30.6 Å². The third-order valence-electron chi connectivity index (χ3n) is 5.01. The maximum atomic E-state index is 13.0. The molecule has 1 unspecified atom stereocenters. The van der Waals surface area contributed by atoms with Crippen LogP contribution in [0.3, 0.4) is 0 Å². The molecule has 1 atom stereocenters. The number of nitrogens with zero attached hydrogens (tertiary/aromatic N) is 2. The van der Waals surface area contributed by atoms with Crippen LogP contribution in [0.2, 0.25) is 0 Å². The van der Waals surface area contributed by atoms with Crippen molar-refractivity contribution in [3.63, 3.8) is 0 Å². The van der Waals surface area contributed by atoms with Crippen LogP contribution in [0, 0.1) is 5.82 Å². The number of aromatic nitrogens is 1. The van der Waals surface area contributed by atoms with E-state index in [-0.39, 0.29) is 30.1 Å². The molecule has 5 nitrogen and oxygen atoms in total. The minimum atomic E-state index is -0.272. The summed E-state index contributed by atoms with van der Waals surface area (Å²) in [6.07, 6.45) is 2.60. The Balaban J connectivity index is 1.38. The molecule has 1 fully saturated rings. The molecule has 0 saturated carbocycles. The molecule has 1 saturated heterocycles. The summed E-state index contributed by atoms with van der Waals surface area (Å²) in [5.74, 6) is -0.474. The minimum Gasteiger partial charge on any atom is -0.347 e. The highest BCUT2D eigenvalue weighted by Gasteiger charge is 2.30. The molecule has 1 N–H and O–H groups in total. The highest BCUT2D eigenvalue weighted by atomic mass is 19.1. The molecule has 1 aromatic heterocycles. The number of carbonyl (C=O) groups excluding carboxylic acids is 2. The molecule has 2 amide bonds. The molecule has 2 heterocycles. The van der Waals surface area contributed by atoms with Crippen molar-refractivity contribution in [1.29, 1.82) is 0 Å². The maximum absolute atomic E-state index is 13.0. The second-order valence-electron chi connectivity index (χ2n) is 6.97. The van der Waals surface area contributed by atoms with Gasteiger partial charge in [0, 0.05) is 31.1 Å². The standard InChI is InChI=1S/C22H20FN3O2/c23-17-8-6-15(7-9-17)10-12-26-14-18(13-20(26)27)25-22(28)19-5-1-3-16-4-2-11-24-21(16)19/h1-9,11,18H,10,12-14H2,(H,25,28). The number of hydrogen-bond donors (Lipinski definition) is 1. The molecule has 0 spiro atoms. The summed E-state index contributed by atoms with van der Waals surface area (Å²) < 4.78 is 13.0. The Morgan fingerprint density at radius 3 is 2.75 bits per heavy atom. The number of likely N-dealkylation sites (tertiary alicyclic amines) is 1. The zero-order valence-electron chi connectivity index (χ0n) is 15.3. The zero-order chi connectivity index (χ0) is 19.5. The molecule has 2 aromatic carbocycles. The minimum absolute atomic E-state index is 0.0171. The molecule has 0 aliphatic carbocycles. The lowest BCUT2D eigenvalue weighted by molar-refractivity contribution is -0.127. The van der Waals surface area contributed by atoms with E-state index in [1.165, 1.54) is 12.1 Å². The SMILES string of the molecule is O=C(NC1CC(=O)N(CCc2ccc(F)cc2)C1)c1cccc2cccnc12. The Morgan fingerprint density at radius 1 is 1.14 bits per heavy atom. The van der Waals surface area contributed by atoms with Gasteiger partial charge in [0.2, 0.25) is 5.91 Å². The van der Waals surface area contributed by atoms with Gasteiger partial charge < -0.3 is 10.2 Å². The summed E-state index contributed by atoms with van der Waals surface area (Å²) in [4.78, 5) is 31.1. The van der Waals surface area contributed by atoms with Gasteiger partial charge in [-0.15, -0.1) is 0 Å². The van der Waals surface area contributed by atoms with Gasteiger partial charge in [0.15, 0.2) is 0 Å². The van der Waals surface area contributed by atoms with Crippen molar-refractivity contribution in [2.45, 2.75) is 18.9 Å². The molecule has 4 rings (SSSR count). The van der Waals surface area contributed by atoms with E-state index in [0.717, 1.165) is 10.9 Å². The second kappa shape index (κ2) is 7.76. The highest BCUT2D eigenvalue weighted by molar-refractivity contribution is 6.05. The van der Waals surface area contributed by atoms with E-state index in [1.807, 2.05) is 24.3 Å². The van der Waals surface area contributed by atoms with E-state index in [2.05, 4.69) is 10.3 Å². The number of halogens is 1. The molecule has 1 aliphatic heterocycles. The number of para-hydroxylation sites is 1. The van der Waals surface area contributed by atoms with Gasteiger partial charge in [-0.2, -0.15) is 0 Å². The highest BCUT2D eigenvalue weighted by Crippen LogP contribution is 2.18. The second-order valence-corrected chi connectivity index (χ2v) is 6.97. The first-order valence-electron chi connectivity index (χ1n) is 9.27. The fourth-order valence-electron chi connectivity index (χ4n) is 3.55. The molecular formula is C22H20FN3O2. The van der Waals surface area contributed by atoms with Crippen LogP contribution in [-0.4, -0.2) is 40.8 Å². The Morgan fingerprint density at radius 2 is 1.93 bits per heavy atom. The van der Waals surface area contributed by atoms with E-state index in [9.17, 15) is 14.0 Å². The molecule has 142 valence electrons. The largest absolute Gasteiger partial charge is 0.347 e. The van der Waals surface area contributed by atoms with Crippen molar-refractivity contribution in [2.75, 3.05) is 13.1 Å². The zero-order valence-corrected chi connectivity index (χ0v) is 15.3. The average molecular weight is 377 g/mol. The molecule has 1 aliphatic rings. The normalized spacial score (nSPS) is 16.5. The van der Waals surface area contributed by atoms with Gasteiger partial charge in [0.05, 0.1) is 17.1 Å². The molecular weight excluding hydrogens is 357 g/mol. The van der Waals surface area contributed by atoms with Crippen LogP contribution in [0.4, 0.5) is 4.39 Å². The number of benzene rings is 2. The van der Waals surface area contributed by atoms with E-state index in [1.54, 1.807) is 29.3 Å². The number of carbonyl (C=O) groups is 2. The Bertz CT molecular complexity index is 1010. The lowest BCUT2D eigenvalue weighted by Crippen LogP contribution is -2.37. The van der Waals surface area contributed by atoms with Crippen LogP contribution in [0.15, 0.2) is 60.8 Å². The summed E-state index contributed by atoms with van der Waals surface area (Å²) in [7, 11) is 0. The number of pyridine rings is 1. The van der Waals surface area contributed by atoms with E-state index < -0.39 is 0 Å². The quantitative estimate of drug-likeness (QED) is 0.744. The summed E-state index contributed by atoms with van der Waals surface area (Å²) in [6, 6.07) is 15.3. The van der Waals surface area contributed by atoms with Crippen molar-refractivity contribution in [2.24, 2.45) is 0 Å². The van der Waals surface area contributed by atoms with Gasteiger partial charge in [-0.3, -0.25) is 14.6 Å². The monoisotopic (exact) mass is 377 g/mol. The van der Waals surface area contributed by atoms with Crippen molar-refractivity contribution >= 4 is 22.7 Å². The third kappa shape index (κ3) is 3.86.